The Labute approximate surface area is 170 Å². The lowest BCUT2D eigenvalue weighted by Gasteiger charge is -2.37. The molecule has 1 heterocycles. The normalized spacial score (nSPS) is 29.0. The topological polar surface area (TPSA) is 64.6 Å². The Morgan fingerprint density at radius 1 is 1.21 bits per heavy atom. The number of Topliss-reactive ketones (excluding diaryl/α,β-unsaturated/α-hetero) is 1. The quantitative estimate of drug-likeness (QED) is 0.848. The van der Waals surface area contributed by atoms with Crippen LogP contribution in [0, 0.1) is 17.8 Å². The van der Waals surface area contributed by atoms with Crippen LogP contribution in [0.3, 0.4) is 0 Å². The molecule has 2 aromatic rings. The summed E-state index contributed by atoms with van der Waals surface area (Å²) in [5.74, 6) is 2.21. The van der Waals surface area contributed by atoms with Gasteiger partial charge in [0.1, 0.15) is 17.1 Å². The van der Waals surface area contributed by atoms with Crippen molar-refractivity contribution in [2.24, 2.45) is 17.8 Å². The molecule has 0 bridgehead atoms. The molecule has 3 aliphatic rings. The monoisotopic (exact) mass is 391 g/mol. The van der Waals surface area contributed by atoms with Crippen LogP contribution in [0.15, 0.2) is 48.5 Å². The third-order valence-electron chi connectivity index (χ3n) is 6.81. The zero-order valence-corrected chi connectivity index (χ0v) is 16.5. The summed E-state index contributed by atoms with van der Waals surface area (Å²) < 4.78 is 11.5. The van der Waals surface area contributed by atoms with Crippen molar-refractivity contribution in [2.45, 2.75) is 31.3 Å². The van der Waals surface area contributed by atoms with Gasteiger partial charge in [-0.2, -0.15) is 0 Å². The number of amides is 1. The van der Waals surface area contributed by atoms with Crippen LogP contribution >= 0.6 is 0 Å². The molecular weight excluding hydrogens is 366 g/mol. The van der Waals surface area contributed by atoms with Crippen LogP contribution in [0.25, 0.3) is 0 Å². The van der Waals surface area contributed by atoms with E-state index in [9.17, 15) is 9.59 Å². The molecule has 29 heavy (non-hydrogen) atoms. The number of hydrogen-bond acceptors (Lipinski definition) is 4. The van der Waals surface area contributed by atoms with Crippen LogP contribution in [0.2, 0.25) is 0 Å². The summed E-state index contributed by atoms with van der Waals surface area (Å²) in [7, 11) is 1.65. The number of benzene rings is 2. The number of ketones is 1. The first-order chi connectivity index (χ1) is 14.1. The number of carbonyl (C=O) groups excluding carboxylic acids is 2. The zero-order valence-electron chi connectivity index (χ0n) is 16.5. The van der Waals surface area contributed by atoms with E-state index in [1.54, 1.807) is 7.11 Å². The molecule has 1 amide bonds. The molecule has 2 saturated carbocycles. The van der Waals surface area contributed by atoms with Crippen LogP contribution in [-0.2, 0) is 11.2 Å². The summed E-state index contributed by atoms with van der Waals surface area (Å²) in [5.41, 5.74) is 1.34. The smallest absolute Gasteiger partial charge is 0.223 e. The standard InChI is InChI=1S/C24H25NO4/c1-28-16-8-6-15(7-9-16)11-13-25-23(27)21-18-10-12-24(22(18)21)14-19(26)17-4-2-3-5-20(17)29-24/h2-9,18,21-22H,10-14H2,1H3,(H,25,27)/t18-,21+,22+,24-/m1/s1. The first-order valence-electron chi connectivity index (χ1n) is 10.3. The third kappa shape index (κ3) is 3.09. The molecule has 0 radical (unpaired) electrons. The lowest BCUT2D eigenvalue weighted by molar-refractivity contribution is -0.124. The van der Waals surface area contributed by atoms with Gasteiger partial charge < -0.3 is 14.8 Å². The fraction of sp³-hybridized carbons (Fsp3) is 0.417. The lowest BCUT2D eigenvalue weighted by atomic mass is 9.84. The fourth-order valence-corrected chi connectivity index (χ4v) is 5.36. The predicted octanol–water partition coefficient (Wildman–Crippen LogP) is 3.41. The zero-order chi connectivity index (χ0) is 20.0. The van der Waals surface area contributed by atoms with Gasteiger partial charge in [0.05, 0.1) is 19.1 Å². The minimum atomic E-state index is -0.492. The number of fused-ring (bicyclic) bond motifs is 3. The molecule has 1 N–H and O–H groups in total. The Bertz CT molecular complexity index is 954. The highest BCUT2D eigenvalue weighted by Crippen LogP contribution is 2.65. The van der Waals surface area contributed by atoms with Crippen LogP contribution in [0.5, 0.6) is 11.5 Å². The van der Waals surface area contributed by atoms with Gasteiger partial charge in [-0.15, -0.1) is 0 Å². The number of methoxy groups -OCH3 is 1. The van der Waals surface area contributed by atoms with Crippen molar-refractivity contribution < 1.29 is 19.1 Å². The number of ether oxygens (including phenoxy) is 2. The second-order valence-electron chi connectivity index (χ2n) is 8.41. The molecule has 5 rings (SSSR count). The molecule has 1 spiro atoms. The van der Waals surface area contributed by atoms with E-state index in [0.717, 1.165) is 30.6 Å². The molecule has 5 heteroatoms. The number of nitrogens with one attached hydrogen (secondary N) is 1. The number of rotatable bonds is 5. The maximum absolute atomic E-state index is 12.8. The van der Waals surface area contributed by atoms with E-state index >= 15 is 0 Å². The Morgan fingerprint density at radius 2 is 2.00 bits per heavy atom. The Morgan fingerprint density at radius 3 is 2.79 bits per heavy atom. The highest BCUT2D eigenvalue weighted by atomic mass is 16.5. The van der Waals surface area contributed by atoms with E-state index in [2.05, 4.69) is 5.32 Å². The molecule has 150 valence electrons. The van der Waals surface area contributed by atoms with Gasteiger partial charge in [-0.05, 0) is 55.0 Å². The van der Waals surface area contributed by atoms with Crippen LogP contribution in [0.4, 0.5) is 0 Å². The van der Waals surface area contributed by atoms with Gasteiger partial charge in [0.15, 0.2) is 5.78 Å². The van der Waals surface area contributed by atoms with Crippen molar-refractivity contribution in [3.8, 4) is 11.5 Å². The summed E-state index contributed by atoms with van der Waals surface area (Å²) in [6.07, 6.45) is 2.99. The van der Waals surface area contributed by atoms with E-state index in [-0.39, 0.29) is 23.5 Å². The molecule has 2 aromatic carbocycles. The second-order valence-corrected chi connectivity index (χ2v) is 8.41. The SMILES string of the molecule is COc1ccc(CCNC(=O)[C@H]2[C@H]3CC[C@@]4(CC(=O)c5ccccc5O4)[C@@H]32)cc1. The summed E-state index contributed by atoms with van der Waals surface area (Å²) in [6, 6.07) is 15.4. The average molecular weight is 391 g/mol. The maximum Gasteiger partial charge on any atom is 0.223 e. The molecule has 0 unspecified atom stereocenters. The molecule has 4 atom stereocenters. The van der Waals surface area contributed by atoms with Gasteiger partial charge in [0.2, 0.25) is 5.91 Å². The van der Waals surface area contributed by atoms with Crippen LogP contribution in [-0.4, -0.2) is 30.9 Å². The average Bonchev–Trinajstić information content (AvgIpc) is 3.39. The number of para-hydroxylation sites is 1. The molecule has 0 saturated heterocycles. The molecule has 2 aliphatic carbocycles. The fourth-order valence-electron chi connectivity index (χ4n) is 5.36. The predicted molar refractivity (Wildman–Crippen MR) is 108 cm³/mol. The summed E-state index contributed by atoms with van der Waals surface area (Å²) in [6.45, 7) is 0.608. The van der Waals surface area contributed by atoms with Crippen molar-refractivity contribution in [2.75, 3.05) is 13.7 Å². The molecule has 5 nitrogen and oxygen atoms in total. The van der Waals surface area contributed by atoms with E-state index < -0.39 is 5.60 Å². The van der Waals surface area contributed by atoms with Gasteiger partial charge in [0, 0.05) is 18.4 Å². The largest absolute Gasteiger partial charge is 0.497 e. The van der Waals surface area contributed by atoms with E-state index in [1.807, 2.05) is 48.5 Å². The highest BCUT2D eigenvalue weighted by Gasteiger charge is 2.70. The summed E-state index contributed by atoms with van der Waals surface area (Å²) in [4.78, 5) is 25.5. The summed E-state index contributed by atoms with van der Waals surface area (Å²) in [5, 5.41) is 3.09. The first kappa shape index (κ1) is 18.2. The van der Waals surface area contributed by atoms with Gasteiger partial charge in [-0.1, -0.05) is 24.3 Å². The lowest BCUT2D eigenvalue weighted by Crippen LogP contribution is -2.44. The highest BCUT2D eigenvalue weighted by molar-refractivity contribution is 6.00. The molecule has 0 aromatic heterocycles. The van der Waals surface area contributed by atoms with Gasteiger partial charge in [-0.25, -0.2) is 0 Å². The summed E-state index contributed by atoms with van der Waals surface area (Å²) >= 11 is 0. The van der Waals surface area contributed by atoms with Crippen molar-refractivity contribution in [3.63, 3.8) is 0 Å². The van der Waals surface area contributed by atoms with Crippen molar-refractivity contribution in [1.82, 2.24) is 5.32 Å². The van der Waals surface area contributed by atoms with Crippen molar-refractivity contribution in [1.29, 1.82) is 0 Å². The van der Waals surface area contributed by atoms with Gasteiger partial charge in [0.25, 0.3) is 0 Å². The first-order valence-corrected chi connectivity index (χ1v) is 10.3. The molecular formula is C24H25NO4. The Balaban J connectivity index is 1.21. The van der Waals surface area contributed by atoms with Gasteiger partial charge in [-0.3, -0.25) is 9.59 Å². The minimum Gasteiger partial charge on any atom is -0.497 e. The van der Waals surface area contributed by atoms with Crippen molar-refractivity contribution in [3.05, 3.63) is 59.7 Å². The van der Waals surface area contributed by atoms with E-state index in [4.69, 9.17) is 9.47 Å². The molecule has 2 fully saturated rings. The van der Waals surface area contributed by atoms with E-state index in [1.165, 1.54) is 0 Å². The van der Waals surface area contributed by atoms with Gasteiger partial charge >= 0.3 is 0 Å². The Hall–Kier alpha value is -2.82. The van der Waals surface area contributed by atoms with Crippen molar-refractivity contribution >= 4 is 11.7 Å². The van der Waals surface area contributed by atoms with E-state index in [0.29, 0.717) is 30.2 Å². The number of carbonyl (C=O) groups is 2. The third-order valence-corrected chi connectivity index (χ3v) is 6.81. The molecule has 1 aliphatic heterocycles. The Kier molecular flexibility index (Phi) is 4.34. The van der Waals surface area contributed by atoms with Crippen LogP contribution < -0.4 is 14.8 Å². The second kappa shape index (κ2) is 6.90. The maximum atomic E-state index is 12.8. The minimum absolute atomic E-state index is 0.0299. The van der Waals surface area contributed by atoms with Crippen LogP contribution in [0.1, 0.15) is 35.2 Å². The number of hydrogen-bond donors (Lipinski definition) is 1.